The quantitative estimate of drug-likeness (QED) is 0.620. The smallest absolute Gasteiger partial charge is 0.328 e. The second kappa shape index (κ2) is 7.98. The van der Waals surface area contributed by atoms with Gasteiger partial charge in [-0.15, -0.1) is 11.3 Å². The van der Waals surface area contributed by atoms with E-state index >= 15 is 0 Å². The second-order valence-corrected chi connectivity index (χ2v) is 7.88. The SMILES string of the molecule is CC(C)(NC(=O)c1cc(F)c2ccccc2c1OCCc1cccs1)C(=O)O. The maximum Gasteiger partial charge on any atom is 0.328 e. The number of carbonyl (C=O) groups is 2. The van der Waals surface area contributed by atoms with E-state index in [4.69, 9.17) is 4.74 Å². The number of nitrogens with one attached hydrogen (secondary N) is 1. The zero-order valence-electron chi connectivity index (χ0n) is 15.5. The molecule has 146 valence electrons. The Morgan fingerprint density at radius 2 is 1.89 bits per heavy atom. The molecular formula is C21H20FNO4S. The van der Waals surface area contributed by atoms with E-state index in [1.807, 2.05) is 17.5 Å². The van der Waals surface area contributed by atoms with Crippen LogP contribution in [0, 0.1) is 5.82 Å². The van der Waals surface area contributed by atoms with Crippen LogP contribution >= 0.6 is 11.3 Å². The van der Waals surface area contributed by atoms with Crippen LogP contribution in [0.1, 0.15) is 29.1 Å². The molecule has 1 aromatic heterocycles. The van der Waals surface area contributed by atoms with Crippen LogP contribution in [0.3, 0.4) is 0 Å². The lowest BCUT2D eigenvalue weighted by molar-refractivity contribution is -0.143. The molecule has 0 unspecified atom stereocenters. The molecule has 1 heterocycles. The highest BCUT2D eigenvalue weighted by Crippen LogP contribution is 2.32. The van der Waals surface area contributed by atoms with E-state index in [1.165, 1.54) is 13.8 Å². The van der Waals surface area contributed by atoms with Crippen LogP contribution in [0.5, 0.6) is 5.75 Å². The van der Waals surface area contributed by atoms with Crippen molar-refractivity contribution in [2.45, 2.75) is 25.8 Å². The predicted molar refractivity (Wildman–Crippen MR) is 107 cm³/mol. The number of thiophene rings is 1. The minimum atomic E-state index is -1.51. The zero-order chi connectivity index (χ0) is 20.3. The number of hydrogen-bond donors (Lipinski definition) is 2. The van der Waals surface area contributed by atoms with Crippen molar-refractivity contribution in [1.82, 2.24) is 5.32 Å². The molecule has 28 heavy (non-hydrogen) atoms. The largest absolute Gasteiger partial charge is 0.492 e. The van der Waals surface area contributed by atoms with Gasteiger partial charge in [0.25, 0.3) is 5.91 Å². The fraction of sp³-hybridized carbons (Fsp3) is 0.238. The Morgan fingerprint density at radius 3 is 2.54 bits per heavy atom. The van der Waals surface area contributed by atoms with Crippen LogP contribution in [0.15, 0.2) is 47.8 Å². The Bertz CT molecular complexity index is 1010. The number of carboxylic acid groups (broad SMARTS) is 1. The molecule has 0 aliphatic carbocycles. The fourth-order valence-electron chi connectivity index (χ4n) is 2.74. The molecule has 0 spiro atoms. The Hall–Kier alpha value is -2.93. The standard InChI is InChI=1S/C21H20FNO4S/c1-21(2,20(25)26)23-19(24)16-12-17(22)14-7-3-4-8-15(14)18(16)27-10-9-13-6-5-11-28-13/h3-8,11-12H,9-10H2,1-2H3,(H,23,24)(H,25,26). The number of fused-ring (bicyclic) bond motifs is 1. The van der Waals surface area contributed by atoms with Gasteiger partial charge in [0.15, 0.2) is 0 Å². The average molecular weight is 401 g/mol. The van der Waals surface area contributed by atoms with Gasteiger partial charge >= 0.3 is 5.97 Å². The summed E-state index contributed by atoms with van der Waals surface area (Å²) in [6.07, 6.45) is 0.644. The number of hydrogen-bond acceptors (Lipinski definition) is 4. The number of ether oxygens (including phenoxy) is 1. The molecule has 5 nitrogen and oxygen atoms in total. The molecule has 3 rings (SSSR count). The summed E-state index contributed by atoms with van der Waals surface area (Å²) in [6, 6.07) is 11.7. The van der Waals surface area contributed by atoms with E-state index in [9.17, 15) is 19.1 Å². The minimum Gasteiger partial charge on any atom is -0.492 e. The lowest BCUT2D eigenvalue weighted by atomic mass is 10.0. The van der Waals surface area contributed by atoms with Gasteiger partial charge in [-0.3, -0.25) is 4.79 Å². The molecule has 0 bridgehead atoms. The predicted octanol–water partition coefficient (Wildman–Crippen LogP) is 4.25. The number of carboxylic acids is 1. The molecule has 0 saturated carbocycles. The number of carbonyl (C=O) groups excluding carboxylic acids is 1. The molecule has 7 heteroatoms. The van der Waals surface area contributed by atoms with Crippen molar-refractivity contribution in [2.24, 2.45) is 0 Å². The fourth-order valence-corrected chi connectivity index (χ4v) is 3.43. The molecular weight excluding hydrogens is 381 g/mol. The molecule has 3 aromatic rings. The van der Waals surface area contributed by atoms with Crippen LogP contribution in [0.25, 0.3) is 10.8 Å². The molecule has 0 saturated heterocycles. The second-order valence-electron chi connectivity index (χ2n) is 6.84. The topological polar surface area (TPSA) is 75.6 Å². The van der Waals surface area contributed by atoms with E-state index in [-0.39, 0.29) is 11.3 Å². The number of amides is 1. The first-order chi connectivity index (χ1) is 13.3. The first kappa shape index (κ1) is 19.8. The normalized spacial score (nSPS) is 11.4. The van der Waals surface area contributed by atoms with E-state index in [2.05, 4.69) is 5.32 Å². The summed E-state index contributed by atoms with van der Waals surface area (Å²) in [6.45, 7) is 3.03. The summed E-state index contributed by atoms with van der Waals surface area (Å²) in [5.41, 5.74) is -1.54. The van der Waals surface area contributed by atoms with Crippen molar-refractivity contribution in [3.63, 3.8) is 0 Å². The van der Waals surface area contributed by atoms with E-state index in [0.717, 1.165) is 10.9 Å². The van der Waals surface area contributed by atoms with E-state index in [1.54, 1.807) is 35.6 Å². The number of aliphatic carboxylic acids is 1. The van der Waals surface area contributed by atoms with Gasteiger partial charge in [-0.05, 0) is 31.4 Å². The Kier molecular flexibility index (Phi) is 5.65. The summed E-state index contributed by atoms with van der Waals surface area (Å²) < 4.78 is 20.5. The molecule has 0 aliphatic heterocycles. The summed E-state index contributed by atoms with van der Waals surface area (Å²) in [7, 11) is 0. The van der Waals surface area contributed by atoms with Gasteiger partial charge in [-0.25, -0.2) is 9.18 Å². The van der Waals surface area contributed by atoms with Crippen molar-refractivity contribution in [3.8, 4) is 5.75 Å². The number of halogens is 1. The highest BCUT2D eigenvalue weighted by Gasteiger charge is 2.31. The number of benzene rings is 2. The van der Waals surface area contributed by atoms with Gasteiger partial charge in [0.05, 0.1) is 12.2 Å². The van der Waals surface area contributed by atoms with Crippen LogP contribution in [0.2, 0.25) is 0 Å². The van der Waals surface area contributed by atoms with Gasteiger partial charge in [-0.2, -0.15) is 0 Å². The number of rotatable bonds is 7. The van der Waals surface area contributed by atoms with Crippen LogP contribution in [-0.2, 0) is 11.2 Å². The van der Waals surface area contributed by atoms with Crippen molar-refractivity contribution in [1.29, 1.82) is 0 Å². The van der Waals surface area contributed by atoms with Crippen LogP contribution in [-0.4, -0.2) is 29.1 Å². The zero-order valence-corrected chi connectivity index (χ0v) is 16.3. The third kappa shape index (κ3) is 4.14. The molecule has 0 fully saturated rings. The molecule has 0 radical (unpaired) electrons. The van der Waals surface area contributed by atoms with E-state index < -0.39 is 23.2 Å². The van der Waals surface area contributed by atoms with Gasteiger partial charge < -0.3 is 15.2 Å². The lowest BCUT2D eigenvalue weighted by Crippen LogP contribution is -2.49. The van der Waals surface area contributed by atoms with Crippen molar-refractivity contribution in [2.75, 3.05) is 6.61 Å². The Morgan fingerprint density at radius 1 is 1.18 bits per heavy atom. The Labute approximate surface area is 165 Å². The van der Waals surface area contributed by atoms with Gasteiger partial charge in [0.1, 0.15) is 17.1 Å². The van der Waals surface area contributed by atoms with Crippen molar-refractivity contribution in [3.05, 3.63) is 64.1 Å². The van der Waals surface area contributed by atoms with Gasteiger partial charge in [0, 0.05) is 22.1 Å². The summed E-state index contributed by atoms with van der Waals surface area (Å²) >= 11 is 1.60. The van der Waals surface area contributed by atoms with Crippen LogP contribution < -0.4 is 10.1 Å². The maximum atomic E-state index is 14.6. The Balaban J connectivity index is 1.97. The first-order valence-corrected chi connectivity index (χ1v) is 9.60. The summed E-state index contributed by atoms with van der Waals surface area (Å²) in [4.78, 5) is 25.2. The summed E-state index contributed by atoms with van der Waals surface area (Å²) in [5.74, 6) is -2.22. The molecule has 2 N–H and O–H groups in total. The molecule has 1 amide bonds. The highest BCUT2D eigenvalue weighted by atomic mass is 32.1. The molecule has 0 aliphatic rings. The lowest BCUT2D eigenvalue weighted by Gasteiger charge is -2.22. The summed E-state index contributed by atoms with van der Waals surface area (Å²) in [5, 5.41) is 14.5. The van der Waals surface area contributed by atoms with Gasteiger partial charge in [-0.1, -0.05) is 30.3 Å². The first-order valence-electron chi connectivity index (χ1n) is 8.72. The monoisotopic (exact) mass is 401 g/mol. The average Bonchev–Trinajstić information content (AvgIpc) is 3.16. The van der Waals surface area contributed by atoms with Crippen molar-refractivity contribution >= 4 is 34.0 Å². The minimum absolute atomic E-state index is 0.0308. The maximum absolute atomic E-state index is 14.6. The molecule has 2 aromatic carbocycles. The van der Waals surface area contributed by atoms with Gasteiger partial charge in [0.2, 0.25) is 0 Å². The third-order valence-electron chi connectivity index (χ3n) is 4.32. The van der Waals surface area contributed by atoms with Crippen molar-refractivity contribution < 1.29 is 23.8 Å². The molecule has 0 atom stereocenters. The van der Waals surface area contributed by atoms with Crippen LogP contribution in [0.4, 0.5) is 4.39 Å². The third-order valence-corrected chi connectivity index (χ3v) is 5.26. The van der Waals surface area contributed by atoms with E-state index in [0.29, 0.717) is 23.8 Å². The highest BCUT2D eigenvalue weighted by molar-refractivity contribution is 7.09.